The number of hydrogen-bond acceptors (Lipinski definition) is 5. The van der Waals surface area contributed by atoms with E-state index in [1.165, 1.54) is 17.1 Å². The van der Waals surface area contributed by atoms with Gasteiger partial charge in [-0.3, -0.25) is 19.3 Å². The summed E-state index contributed by atoms with van der Waals surface area (Å²) in [6.45, 7) is 2.30. The molecule has 0 aliphatic rings. The van der Waals surface area contributed by atoms with E-state index in [-0.39, 0.29) is 11.7 Å². The second-order valence-electron chi connectivity index (χ2n) is 4.71. The second-order valence-corrected chi connectivity index (χ2v) is 4.71. The molecule has 0 radical (unpaired) electrons. The highest BCUT2D eigenvalue weighted by Crippen LogP contribution is 2.10. The lowest BCUT2D eigenvalue weighted by Crippen LogP contribution is -2.28. The van der Waals surface area contributed by atoms with Crippen LogP contribution in [0.1, 0.15) is 6.92 Å². The SMILES string of the molecule is C[C@H](Cn1cnc2ccncc2c1=O)Oc1cccnc1. The predicted octanol–water partition coefficient (Wildman–Crippen LogP) is 1.65. The van der Waals surface area contributed by atoms with Gasteiger partial charge in [0.1, 0.15) is 11.9 Å². The number of hydrogen-bond donors (Lipinski definition) is 0. The molecule has 0 aromatic carbocycles. The molecule has 106 valence electrons. The first-order chi connectivity index (χ1) is 10.2. The first kappa shape index (κ1) is 13.2. The monoisotopic (exact) mass is 282 g/mol. The van der Waals surface area contributed by atoms with Crippen LogP contribution in [0.2, 0.25) is 0 Å². The number of ether oxygens (including phenoxy) is 1. The summed E-state index contributed by atoms with van der Waals surface area (Å²) in [6.07, 6.45) is 7.83. The Hall–Kier alpha value is -2.76. The van der Waals surface area contributed by atoms with Gasteiger partial charge in [0, 0.05) is 18.6 Å². The van der Waals surface area contributed by atoms with Crippen LogP contribution in [0.4, 0.5) is 0 Å². The van der Waals surface area contributed by atoms with E-state index in [1.807, 2.05) is 13.0 Å². The van der Waals surface area contributed by atoms with Crippen LogP contribution in [0.5, 0.6) is 5.75 Å². The fourth-order valence-corrected chi connectivity index (χ4v) is 2.10. The summed E-state index contributed by atoms with van der Waals surface area (Å²) < 4.78 is 7.25. The largest absolute Gasteiger partial charge is 0.487 e. The van der Waals surface area contributed by atoms with Gasteiger partial charge in [0.2, 0.25) is 0 Å². The van der Waals surface area contributed by atoms with Crippen molar-refractivity contribution in [2.45, 2.75) is 19.6 Å². The second kappa shape index (κ2) is 5.70. The Morgan fingerprint density at radius 2 is 2.10 bits per heavy atom. The quantitative estimate of drug-likeness (QED) is 0.727. The van der Waals surface area contributed by atoms with Gasteiger partial charge < -0.3 is 4.74 Å². The average molecular weight is 282 g/mol. The standard InChI is InChI=1S/C15H14N4O2/c1-11(21-12-3-2-5-16-7-12)9-19-10-18-14-4-6-17-8-13(14)15(19)20/h2-8,10-11H,9H2,1H3/t11-/m1/s1. The molecular formula is C15H14N4O2. The van der Waals surface area contributed by atoms with E-state index in [0.29, 0.717) is 23.2 Å². The van der Waals surface area contributed by atoms with Gasteiger partial charge in [0.25, 0.3) is 5.56 Å². The van der Waals surface area contributed by atoms with Crippen molar-refractivity contribution in [2.24, 2.45) is 0 Å². The van der Waals surface area contributed by atoms with Crippen LogP contribution in [0, 0.1) is 0 Å². The smallest absolute Gasteiger partial charge is 0.262 e. The molecule has 1 atom stereocenters. The number of nitrogens with zero attached hydrogens (tertiary/aromatic N) is 4. The molecule has 0 amide bonds. The molecule has 0 unspecified atom stereocenters. The van der Waals surface area contributed by atoms with Crippen molar-refractivity contribution in [3.63, 3.8) is 0 Å². The lowest BCUT2D eigenvalue weighted by Gasteiger charge is -2.15. The maximum atomic E-state index is 12.3. The molecule has 21 heavy (non-hydrogen) atoms. The Kier molecular flexibility index (Phi) is 3.59. The van der Waals surface area contributed by atoms with Crippen LogP contribution in [0.3, 0.4) is 0 Å². The molecule has 0 bridgehead atoms. The van der Waals surface area contributed by atoms with E-state index in [4.69, 9.17) is 4.74 Å². The minimum atomic E-state index is -0.178. The minimum Gasteiger partial charge on any atom is -0.487 e. The molecule has 6 nitrogen and oxygen atoms in total. The Labute approximate surface area is 121 Å². The summed E-state index contributed by atoms with van der Waals surface area (Å²) in [5, 5.41) is 0.508. The van der Waals surface area contributed by atoms with Crippen molar-refractivity contribution in [3.05, 3.63) is 59.7 Å². The normalized spacial score (nSPS) is 12.2. The van der Waals surface area contributed by atoms with Gasteiger partial charge in [0.15, 0.2) is 0 Å². The van der Waals surface area contributed by atoms with Crippen LogP contribution >= 0.6 is 0 Å². The topological polar surface area (TPSA) is 69.9 Å². The highest BCUT2D eigenvalue weighted by Gasteiger charge is 2.09. The van der Waals surface area contributed by atoms with Crippen LogP contribution in [-0.2, 0) is 6.54 Å². The van der Waals surface area contributed by atoms with Crippen molar-refractivity contribution in [2.75, 3.05) is 0 Å². The third kappa shape index (κ3) is 2.89. The zero-order valence-corrected chi connectivity index (χ0v) is 11.5. The lowest BCUT2D eigenvalue weighted by molar-refractivity contribution is 0.197. The van der Waals surface area contributed by atoms with E-state index in [0.717, 1.165) is 0 Å². The Bertz CT molecular complexity index is 801. The molecule has 0 aliphatic heterocycles. The maximum absolute atomic E-state index is 12.3. The minimum absolute atomic E-state index is 0.116. The lowest BCUT2D eigenvalue weighted by atomic mass is 10.3. The van der Waals surface area contributed by atoms with Crippen molar-refractivity contribution in [1.29, 1.82) is 0 Å². The summed E-state index contributed by atoms with van der Waals surface area (Å²) in [4.78, 5) is 24.5. The molecule has 0 N–H and O–H groups in total. The van der Waals surface area contributed by atoms with E-state index in [9.17, 15) is 4.79 Å². The van der Waals surface area contributed by atoms with Gasteiger partial charge in [-0.2, -0.15) is 0 Å². The zero-order chi connectivity index (χ0) is 14.7. The van der Waals surface area contributed by atoms with E-state index in [1.54, 1.807) is 30.7 Å². The molecule has 0 fully saturated rings. The van der Waals surface area contributed by atoms with Crippen molar-refractivity contribution >= 4 is 10.9 Å². The molecule has 3 rings (SSSR count). The zero-order valence-electron chi connectivity index (χ0n) is 11.5. The Balaban J connectivity index is 1.82. The number of aromatic nitrogens is 4. The molecular weight excluding hydrogens is 268 g/mol. The first-order valence-electron chi connectivity index (χ1n) is 6.60. The van der Waals surface area contributed by atoms with Gasteiger partial charge in [0.05, 0.1) is 30.0 Å². The molecule has 3 aromatic heterocycles. The molecule has 3 aromatic rings. The van der Waals surface area contributed by atoms with Gasteiger partial charge in [-0.25, -0.2) is 4.98 Å². The van der Waals surface area contributed by atoms with E-state index in [2.05, 4.69) is 15.0 Å². The first-order valence-corrected chi connectivity index (χ1v) is 6.60. The van der Waals surface area contributed by atoms with Crippen molar-refractivity contribution in [1.82, 2.24) is 19.5 Å². The number of fused-ring (bicyclic) bond motifs is 1. The molecule has 0 saturated carbocycles. The van der Waals surface area contributed by atoms with E-state index >= 15 is 0 Å². The summed E-state index contributed by atoms with van der Waals surface area (Å²) in [7, 11) is 0. The average Bonchev–Trinajstić information content (AvgIpc) is 2.51. The van der Waals surface area contributed by atoms with Gasteiger partial charge in [-0.05, 0) is 25.1 Å². The fourth-order valence-electron chi connectivity index (χ4n) is 2.10. The van der Waals surface area contributed by atoms with Crippen molar-refractivity contribution in [3.8, 4) is 5.75 Å². The summed E-state index contributed by atoms with van der Waals surface area (Å²) in [5.74, 6) is 0.675. The van der Waals surface area contributed by atoms with Gasteiger partial charge in [-0.1, -0.05) is 0 Å². The maximum Gasteiger partial charge on any atom is 0.262 e. The molecule has 3 heterocycles. The summed E-state index contributed by atoms with van der Waals surface area (Å²) >= 11 is 0. The summed E-state index contributed by atoms with van der Waals surface area (Å²) in [6, 6.07) is 5.35. The van der Waals surface area contributed by atoms with Crippen LogP contribution in [0.15, 0.2) is 54.1 Å². The van der Waals surface area contributed by atoms with Gasteiger partial charge >= 0.3 is 0 Å². The Morgan fingerprint density at radius 3 is 2.90 bits per heavy atom. The van der Waals surface area contributed by atoms with Crippen LogP contribution in [0.25, 0.3) is 10.9 Å². The summed E-state index contributed by atoms with van der Waals surface area (Å²) in [5.41, 5.74) is 0.529. The van der Waals surface area contributed by atoms with Crippen molar-refractivity contribution < 1.29 is 4.74 Å². The van der Waals surface area contributed by atoms with E-state index < -0.39 is 0 Å². The highest BCUT2D eigenvalue weighted by atomic mass is 16.5. The number of pyridine rings is 2. The third-order valence-corrected chi connectivity index (χ3v) is 3.05. The number of rotatable bonds is 4. The van der Waals surface area contributed by atoms with Crippen LogP contribution < -0.4 is 10.3 Å². The molecule has 0 aliphatic carbocycles. The molecule has 0 saturated heterocycles. The third-order valence-electron chi connectivity index (χ3n) is 3.05. The van der Waals surface area contributed by atoms with Crippen LogP contribution in [-0.4, -0.2) is 25.6 Å². The van der Waals surface area contributed by atoms with Gasteiger partial charge in [-0.15, -0.1) is 0 Å². The fraction of sp³-hybridized carbons (Fsp3) is 0.200. The molecule has 0 spiro atoms. The highest BCUT2D eigenvalue weighted by molar-refractivity contribution is 5.75. The molecule has 6 heteroatoms. The predicted molar refractivity (Wildman–Crippen MR) is 78.1 cm³/mol. The Morgan fingerprint density at radius 1 is 1.24 bits per heavy atom.